The predicted molar refractivity (Wildman–Crippen MR) is 77.4 cm³/mol. The van der Waals surface area contributed by atoms with Crippen molar-refractivity contribution in [1.29, 1.82) is 0 Å². The summed E-state index contributed by atoms with van der Waals surface area (Å²) in [5.74, 6) is 0.632. The Morgan fingerprint density at radius 2 is 2.26 bits per heavy atom. The lowest BCUT2D eigenvalue weighted by molar-refractivity contribution is 0.0395. The van der Waals surface area contributed by atoms with Gasteiger partial charge >= 0.3 is 0 Å². The zero-order chi connectivity index (χ0) is 13.8. The molecule has 2 heterocycles. The fourth-order valence-electron chi connectivity index (χ4n) is 3.08. The Bertz CT molecular complexity index is 408. The second-order valence-electron chi connectivity index (χ2n) is 5.62. The minimum Gasteiger partial charge on any atom is -0.381 e. The van der Waals surface area contributed by atoms with Crippen molar-refractivity contribution in [2.45, 2.75) is 46.1 Å². The van der Waals surface area contributed by atoms with Crippen LogP contribution in [0.3, 0.4) is 0 Å². The van der Waals surface area contributed by atoms with E-state index in [1.807, 2.05) is 11.7 Å². The average molecular weight is 265 g/mol. The van der Waals surface area contributed by atoms with Crippen molar-refractivity contribution in [3.8, 4) is 0 Å². The van der Waals surface area contributed by atoms with Gasteiger partial charge < -0.3 is 10.1 Å². The minimum atomic E-state index is 0.506. The molecule has 1 aliphatic rings. The summed E-state index contributed by atoms with van der Waals surface area (Å²) in [6.45, 7) is 9.30. The summed E-state index contributed by atoms with van der Waals surface area (Å²) in [7, 11) is 2.03. The molecule has 19 heavy (non-hydrogen) atoms. The number of nitrogens with one attached hydrogen (secondary N) is 1. The quantitative estimate of drug-likeness (QED) is 0.885. The van der Waals surface area contributed by atoms with Crippen LogP contribution in [-0.4, -0.2) is 35.6 Å². The van der Waals surface area contributed by atoms with Crippen molar-refractivity contribution in [3.05, 3.63) is 17.0 Å². The van der Waals surface area contributed by atoms with Gasteiger partial charge in [0.2, 0.25) is 0 Å². The predicted octanol–water partition coefficient (Wildman–Crippen LogP) is 1.98. The first-order valence-electron chi connectivity index (χ1n) is 7.43. The number of nitrogens with zero attached hydrogens (tertiary/aromatic N) is 2. The number of rotatable bonds is 5. The van der Waals surface area contributed by atoms with Gasteiger partial charge in [-0.25, -0.2) is 0 Å². The fourth-order valence-corrected chi connectivity index (χ4v) is 3.08. The van der Waals surface area contributed by atoms with E-state index in [9.17, 15) is 0 Å². The van der Waals surface area contributed by atoms with Crippen molar-refractivity contribution >= 4 is 0 Å². The summed E-state index contributed by atoms with van der Waals surface area (Å²) >= 11 is 0. The first-order valence-corrected chi connectivity index (χ1v) is 7.43. The smallest absolute Gasteiger partial charge is 0.0628 e. The average Bonchev–Trinajstić information content (AvgIpc) is 2.65. The van der Waals surface area contributed by atoms with Gasteiger partial charge in [-0.1, -0.05) is 6.92 Å². The van der Waals surface area contributed by atoms with Gasteiger partial charge in [-0.15, -0.1) is 0 Å². The summed E-state index contributed by atoms with van der Waals surface area (Å²) in [6.07, 6.45) is 3.53. The molecule has 4 nitrogen and oxygen atoms in total. The molecule has 0 aliphatic carbocycles. The van der Waals surface area contributed by atoms with Gasteiger partial charge in [-0.05, 0) is 51.1 Å². The van der Waals surface area contributed by atoms with E-state index in [0.29, 0.717) is 12.0 Å². The lowest BCUT2D eigenvalue weighted by Crippen LogP contribution is -2.41. The second kappa shape index (κ2) is 6.53. The van der Waals surface area contributed by atoms with Crippen LogP contribution in [0, 0.1) is 19.8 Å². The van der Waals surface area contributed by atoms with Gasteiger partial charge in [0.05, 0.1) is 12.3 Å². The molecule has 1 aliphatic heterocycles. The maximum atomic E-state index is 5.65. The third-order valence-corrected chi connectivity index (χ3v) is 4.31. The molecule has 1 saturated heterocycles. The molecule has 2 atom stereocenters. The molecule has 1 aromatic heterocycles. The van der Waals surface area contributed by atoms with Crippen LogP contribution in [0.25, 0.3) is 0 Å². The standard InChI is InChI=1S/C15H27N3O/c1-5-16-15(13-7-6-8-19-10-13)9-14-11(2)17-18(4)12(14)3/h13,15-16H,5-10H2,1-4H3. The van der Waals surface area contributed by atoms with Crippen LogP contribution < -0.4 is 5.32 Å². The first kappa shape index (κ1) is 14.5. The van der Waals surface area contributed by atoms with Gasteiger partial charge in [-0.2, -0.15) is 5.10 Å². The zero-order valence-electron chi connectivity index (χ0n) is 12.7. The Labute approximate surface area is 116 Å². The summed E-state index contributed by atoms with van der Waals surface area (Å²) in [6, 6.07) is 0.506. The molecule has 1 fully saturated rings. The van der Waals surface area contributed by atoms with E-state index in [2.05, 4.69) is 31.2 Å². The summed E-state index contributed by atoms with van der Waals surface area (Å²) in [5, 5.41) is 8.17. The fraction of sp³-hybridized carbons (Fsp3) is 0.800. The third kappa shape index (κ3) is 3.37. The van der Waals surface area contributed by atoms with E-state index in [1.165, 1.54) is 29.8 Å². The zero-order valence-corrected chi connectivity index (χ0v) is 12.7. The topological polar surface area (TPSA) is 39.1 Å². The van der Waals surface area contributed by atoms with Crippen LogP contribution in [0.1, 0.15) is 36.7 Å². The molecule has 0 radical (unpaired) electrons. The molecule has 0 bridgehead atoms. The number of hydrogen-bond acceptors (Lipinski definition) is 3. The van der Waals surface area contributed by atoms with Gasteiger partial charge in [-0.3, -0.25) is 4.68 Å². The number of ether oxygens (including phenoxy) is 1. The molecular formula is C15H27N3O. The van der Waals surface area contributed by atoms with Crippen LogP contribution in [0.4, 0.5) is 0 Å². The Hall–Kier alpha value is -0.870. The molecule has 0 spiro atoms. The van der Waals surface area contributed by atoms with Crippen LogP contribution >= 0.6 is 0 Å². The van der Waals surface area contributed by atoms with Gasteiger partial charge in [0, 0.05) is 25.4 Å². The van der Waals surface area contributed by atoms with Crippen LogP contribution in [0.15, 0.2) is 0 Å². The number of hydrogen-bond donors (Lipinski definition) is 1. The highest BCUT2D eigenvalue weighted by atomic mass is 16.5. The molecule has 0 saturated carbocycles. The normalized spacial score (nSPS) is 21.6. The summed E-state index contributed by atoms with van der Waals surface area (Å²) < 4.78 is 7.64. The van der Waals surface area contributed by atoms with Crippen molar-refractivity contribution in [2.24, 2.45) is 13.0 Å². The van der Waals surface area contributed by atoms with Gasteiger partial charge in [0.1, 0.15) is 0 Å². The monoisotopic (exact) mass is 265 g/mol. The largest absolute Gasteiger partial charge is 0.381 e. The lowest BCUT2D eigenvalue weighted by Gasteiger charge is -2.31. The Morgan fingerprint density at radius 1 is 1.47 bits per heavy atom. The van der Waals surface area contributed by atoms with E-state index in [1.54, 1.807) is 0 Å². The highest BCUT2D eigenvalue weighted by Gasteiger charge is 2.25. The molecule has 0 aromatic carbocycles. The molecule has 2 rings (SSSR count). The van der Waals surface area contributed by atoms with E-state index < -0.39 is 0 Å². The number of aromatic nitrogens is 2. The maximum absolute atomic E-state index is 5.65. The highest BCUT2D eigenvalue weighted by Crippen LogP contribution is 2.23. The van der Waals surface area contributed by atoms with Crippen molar-refractivity contribution in [2.75, 3.05) is 19.8 Å². The van der Waals surface area contributed by atoms with Crippen LogP contribution in [-0.2, 0) is 18.2 Å². The van der Waals surface area contributed by atoms with Crippen LogP contribution in [0.5, 0.6) is 0 Å². The molecular weight excluding hydrogens is 238 g/mol. The molecule has 1 N–H and O–H groups in total. The Kier molecular flexibility index (Phi) is 4.99. The number of likely N-dealkylation sites (N-methyl/N-ethyl adjacent to an activating group) is 1. The summed E-state index contributed by atoms with van der Waals surface area (Å²) in [5.41, 5.74) is 3.86. The number of aryl methyl sites for hydroxylation is 2. The molecule has 108 valence electrons. The molecule has 1 aromatic rings. The molecule has 4 heteroatoms. The van der Waals surface area contributed by atoms with Gasteiger partial charge in [0.25, 0.3) is 0 Å². The van der Waals surface area contributed by atoms with Gasteiger partial charge in [0.15, 0.2) is 0 Å². The Morgan fingerprint density at radius 3 is 2.79 bits per heavy atom. The van der Waals surface area contributed by atoms with E-state index in [0.717, 1.165) is 26.2 Å². The van der Waals surface area contributed by atoms with E-state index >= 15 is 0 Å². The minimum absolute atomic E-state index is 0.506. The maximum Gasteiger partial charge on any atom is 0.0628 e. The highest BCUT2D eigenvalue weighted by molar-refractivity contribution is 5.25. The van der Waals surface area contributed by atoms with Crippen molar-refractivity contribution < 1.29 is 4.74 Å². The van der Waals surface area contributed by atoms with Crippen molar-refractivity contribution in [1.82, 2.24) is 15.1 Å². The van der Waals surface area contributed by atoms with E-state index in [4.69, 9.17) is 4.74 Å². The van der Waals surface area contributed by atoms with Crippen molar-refractivity contribution in [3.63, 3.8) is 0 Å². The molecule has 2 unspecified atom stereocenters. The third-order valence-electron chi connectivity index (χ3n) is 4.31. The van der Waals surface area contributed by atoms with E-state index in [-0.39, 0.29) is 0 Å². The molecule has 0 amide bonds. The Balaban J connectivity index is 2.11. The first-order chi connectivity index (χ1) is 9.13. The lowest BCUT2D eigenvalue weighted by atomic mass is 9.88. The summed E-state index contributed by atoms with van der Waals surface area (Å²) in [4.78, 5) is 0. The second-order valence-corrected chi connectivity index (χ2v) is 5.62. The van der Waals surface area contributed by atoms with Crippen LogP contribution in [0.2, 0.25) is 0 Å². The SMILES string of the molecule is CCNC(Cc1c(C)nn(C)c1C)C1CCCOC1.